The third kappa shape index (κ3) is 5.31. The predicted molar refractivity (Wildman–Crippen MR) is 152 cm³/mol. The number of allylic oxidation sites excluding steroid dienone is 1. The molecule has 5 heterocycles. The van der Waals surface area contributed by atoms with Crippen molar-refractivity contribution in [2.75, 3.05) is 23.8 Å². The third-order valence-electron chi connectivity index (χ3n) is 7.90. The molecule has 14 nitrogen and oxygen atoms in total. The monoisotopic (exact) mass is 608 g/mol. The second kappa shape index (κ2) is 11.5. The summed E-state index contributed by atoms with van der Waals surface area (Å²) in [5.74, 6) is -2.40. The summed E-state index contributed by atoms with van der Waals surface area (Å²) in [7, 11) is 1.83. The van der Waals surface area contributed by atoms with Crippen LogP contribution in [0.5, 0.6) is 0 Å². The van der Waals surface area contributed by atoms with Crippen LogP contribution in [0, 0.1) is 0 Å². The second-order valence-electron chi connectivity index (χ2n) is 10.6. The number of carboxylic acid groups (broad SMARTS) is 1. The van der Waals surface area contributed by atoms with Crippen LogP contribution in [0.2, 0.25) is 0 Å². The van der Waals surface area contributed by atoms with Crippen molar-refractivity contribution in [2.24, 2.45) is 12.2 Å². The number of fused-ring (bicyclic) bond motifs is 1. The first kappa shape index (κ1) is 28.3. The van der Waals surface area contributed by atoms with Crippen LogP contribution in [0.1, 0.15) is 37.8 Å². The molecule has 2 atom stereocenters. The second-order valence-corrected chi connectivity index (χ2v) is 11.5. The number of aliphatic carboxylic acids is 1. The van der Waals surface area contributed by atoms with Gasteiger partial charge in [-0.3, -0.25) is 14.5 Å². The van der Waals surface area contributed by atoms with E-state index in [1.807, 2.05) is 36.0 Å². The number of hydrogen-bond donors (Lipinski definition) is 3. The number of oxime groups is 1. The van der Waals surface area contributed by atoms with Gasteiger partial charge in [0.1, 0.15) is 30.5 Å². The highest BCUT2D eigenvalue weighted by Crippen LogP contribution is 2.35. The number of β-lactam (4-membered cyclic amide) rings is 1. The number of nitrogens with two attached hydrogens (primary N) is 1. The molecule has 0 spiro atoms. The molecule has 43 heavy (non-hydrogen) atoms. The lowest BCUT2D eigenvalue weighted by atomic mass is 9.92. The Hall–Kier alpha value is -4.79. The van der Waals surface area contributed by atoms with Crippen LogP contribution in [0.15, 0.2) is 58.0 Å². The maximum absolute atomic E-state index is 13.3. The van der Waals surface area contributed by atoms with Crippen LogP contribution in [-0.2, 0) is 35.8 Å². The van der Waals surface area contributed by atoms with Gasteiger partial charge in [-0.25, -0.2) is 19.1 Å². The maximum atomic E-state index is 13.3. The van der Waals surface area contributed by atoms with Crippen molar-refractivity contribution in [3.63, 3.8) is 0 Å². The molecule has 4 aliphatic rings. The van der Waals surface area contributed by atoms with Gasteiger partial charge in [-0.1, -0.05) is 11.2 Å². The fraction of sp³-hybridized carbons (Fsp3) is 0.393. The SMILES string of the molecule is C[n+]1ccccc1N1CCC(=CC2=C(C(=O)O)N3C(=O)[C@@H](NC(=O)C(=NOC4CCCC4)c4csc(N)n4)[C@H]3CO2)C1=O. The lowest BCUT2D eigenvalue weighted by Crippen LogP contribution is -2.73. The molecule has 4 N–H and O–H groups in total. The molecule has 0 unspecified atom stereocenters. The smallest absolute Gasteiger partial charge is 0.356 e. The van der Waals surface area contributed by atoms with Crippen molar-refractivity contribution >= 4 is 51.7 Å². The van der Waals surface area contributed by atoms with Gasteiger partial charge in [0.05, 0.1) is 19.8 Å². The van der Waals surface area contributed by atoms with Crippen LogP contribution in [0.3, 0.4) is 0 Å². The molecule has 6 rings (SSSR count). The van der Waals surface area contributed by atoms with Gasteiger partial charge in [-0.15, -0.1) is 11.3 Å². The number of nitrogens with zero attached hydrogens (tertiary/aromatic N) is 5. The van der Waals surface area contributed by atoms with Crippen LogP contribution in [0.4, 0.5) is 10.9 Å². The maximum Gasteiger partial charge on any atom is 0.356 e. The summed E-state index contributed by atoms with van der Waals surface area (Å²) < 4.78 is 7.62. The molecule has 0 aromatic carbocycles. The number of nitrogens with one attached hydrogen (secondary N) is 1. The standard InChI is InChI=1S/C28H29N7O7S/c1-33-10-5-4-8-20(33)34-11-9-15(25(34)37)12-19-23(27(39)40)35-18(13-41-19)22(26(35)38)31-24(36)21(17-14-43-28(29)30-17)32-42-16-6-2-3-7-16/h4-5,8,10,12,14,16,18,22H,2-3,6-7,9,11,13H2,1H3,(H3-,29,30,31,36,39,40)/p+1/t18-,22+/m1/s1. The molecule has 2 aromatic heterocycles. The highest BCUT2D eigenvalue weighted by Gasteiger charge is 2.55. The average molecular weight is 609 g/mol. The Kier molecular flexibility index (Phi) is 7.56. The van der Waals surface area contributed by atoms with Gasteiger partial charge >= 0.3 is 11.9 Å². The molecule has 15 heteroatoms. The van der Waals surface area contributed by atoms with Gasteiger partial charge in [0.15, 0.2) is 22.3 Å². The highest BCUT2D eigenvalue weighted by molar-refractivity contribution is 7.13. The number of carbonyl (C=O) groups is 4. The zero-order valence-corrected chi connectivity index (χ0v) is 24.1. The van der Waals surface area contributed by atoms with E-state index < -0.39 is 29.9 Å². The predicted octanol–water partition coefficient (Wildman–Crippen LogP) is 0.598. The molecule has 2 aromatic rings. The molecule has 3 aliphatic heterocycles. The van der Waals surface area contributed by atoms with E-state index in [9.17, 15) is 24.3 Å². The van der Waals surface area contributed by atoms with E-state index in [1.54, 1.807) is 10.3 Å². The number of pyridine rings is 1. The van der Waals surface area contributed by atoms with Crippen LogP contribution in [-0.4, -0.2) is 75.7 Å². The van der Waals surface area contributed by atoms with Gasteiger partial charge in [0.2, 0.25) is 0 Å². The third-order valence-corrected chi connectivity index (χ3v) is 8.58. The normalized spacial score (nSPS) is 23.4. The number of nitrogen functional groups attached to an aromatic ring is 1. The number of ether oxygens (including phenoxy) is 1. The van der Waals surface area contributed by atoms with E-state index in [1.165, 1.54) is 6.08 Å². The quantitative estimate of drug-likeness (QED) is 0.127. The summed E-state index contributed by atoms with van der Waals surface area (Å²) in [5, 5.41) is 18.6. The average Bonchev–Trinajstić information content (AvgIpc) is 3.74. The zero-order chi connectivity index (χ0) is 30.2. The largest absolute Gasteiger partial charge is 0.489 e. The molecule has 3 fully saturated rings. The minimum Gasteiger partial charge on any atom is -0.489 e. The van der Waals surface area contributed by atoms with Crippen molar-refractivity contribution in [3.8, 4) is 0 Å². The first-order valence-corrected chi connectivity index (χ1v) is 14.8. The Morgan fingerprint density at radius 3 is 2.79 bits per heavy atom. The minimum absolute atomic E-state index is 0.0883. The fourth-order valence-electron chi connectivity index (χ4n) is 5.68. The lowest BCUT2D eigenvalue weighted by Gasteiger charge is -2.49. The number of aryl methyl sites for hydroxylation is 1. The number of aromatic nitrogens is 2. The summed E-state index contributed by atoms with van der Waals surface area (Å²) >= 11 is 1.13. The summed E-state index contributed by atoms with van der Waals surface area (Å²) in [6.07, 6.45) is 7.14. The van der Waals surface area contributed by atoms with Crippen molar-refractivity contribution in [3.05, 3.63) is 58.6 Å². The first-order valence-electron chi connectivity index (χ1n) is 13.9. The van der Waals surface area contributed by atoms with Gasteiger partial charge in [0.25, 0.3) is 17.6 Å². The molecule has 224 valence electrons. The number of carboxylic acids is 1. The molecule has 0 radical (unpaired) electrons. The van der Waals surface area contributed by atoms with E-state index in [0.717, 1.165) is 41.9 Å². The summed E-state index contributed by atoms with van der Waals surface area (Å²) in [5.41, 5.74) is 5.82. The molecule has 3 amide bonds. The molecule has 1 aliphatic carbocycles. The Balaban J connectivity index is 1.20. The Bertz CT molecular complexity index is 1590. The minimum atomic E-state index is -1.39. The number of anilines is 2. The van der Waals surface area contributed by atoms with Crippen molar-refractivity contribution in [2.45, 2.75) is 50.3 Å². The molecule has 0 bridgehead atoms. The fourth-order valence-corrected chi connectivity index (χ4v) is 6.23. The van der Waals surface area contributed by atoms with Crippen molar-refractivity contribution < 1.29 is 38.4 Å². The van der Waals surface area contributed by atoms with E-state index >= 15 is 0 Å². The summed E-state index contributed by atoms with van der Waals surface area (Å²) in [4.78, 5) is 64.5. The van der Waals surface area contributed by atoms with Crippen LogP contribution in [0.25, 0.3) is 0 Å². The molecule has 2 saturated heterocycles. The number of amides is 3. The van der Waals surface area contributed by atoms with Crippen molar-refractivity contribution in [1.29, 1.82) is 0 Å². The number of thiazole rings is 1. The lowest BCUT2D eigenvalue weighted by molar-refractivity contribution is -0.658. The molecular formula is C28H30N7O7S+. The highest BCUT2D eigenvalue weighted by atomic mass is 32.1. The van der Waals surface area contributed by atoms with Crippen LogP contribution < -0.4 is 20.5 Å². The van der Waals surface area contributed by atoms with Gasteiger partial charge in [0, 0.05) is 23.4 Å². The number of hydrogen-bond acceptors (Lipinski definition) is 10. The summed E-state index contributed by atoms with van der Waals surface area (Å²) in [6, 6.07) is 3.65. The molecule has 1 saturated carbocycles. The van der Waals surface area contributed by atoms with E-state index in [0.29, 0.717) is 24.4 Å². The first-order chi connectivity index (χ1) is 20.7. The van der Waals surface area contributed by atoms with E-state index in [4.69, 9.17) is 15.3 Å². The Labute approximate surface area is 250 Å². The van der Waals surface area contributed by atoms with Gasteiger partial charge in [-0.2, -0.15) is 4.90 Å². The molecular weight excluding hydrogens is 578 g/mol. The topological polar surface area (TPSA) is 181 Å². The zero-order valence-electron chi connectivity index (χ0n) is 23.3. The van der Waals surface area contributed by atoms with Crippen molar-refractivity contribution in [1.82, 2.24) is 15.2 Å². The van der Waals surface area contributed by atoms with E-state index in [2.05, 4.69) is 15.5 Å². The number of carbonyl (C=O) groups excluding carboxylic acids is 3. The van der Waals surface area contributed by atoms with Gasteiger partial charge in [-0.05, 0) is 37.8 Å². The number of rotatable bonds is 8. The van der Waals surface area contributed by atoms with Gasteiger partial charge < -0.3 is 25.7 Å². The van der Waals surface area contributed by atoms with Crippen LogP contribution >= 0.6 is 11.3 Å². The Morgan fingerprint density at radius 1 is 1.30 bits per heavy atom. The Morgan fingerprint density at radius 2 is 2.09 bits per heavy atom. The summed E-state index contributed by atoms with van der Waals surface area (Å²) in [6.45, 7) is 0.323. The van der Waals surface area contributed by atoms with E-state index in [-0.39, 0.29) is 46.6 Å².